The van der Waals surface area contributed by atoms with Crippen LogP contribution in [0.3, 0.4) is 0 Å². The first-order chi connectivity index (χ1) is 11.2. The zero-order valence-corrected chi connectivity index (χ0v) is 14.8. The summed E-state index contributed by atoms with van der Waals surface area (Å²) < 4.78 is 7.57. The van der Waals surface area contributed by atoms with Crippen LogP contribution in [0.15, 0.2) is 5.16 Å². The Bertz CT molecular complexity index is 540. The average Bonchev–Trinajstić information content (AvgIpc) is 3.46. The fourth-order valence-corrected chi connectivity index (χ4v) is 3.50. The molecule has 2 saturated carbocycles. The molecule has 1 heterocycles. The highest BCUT2D eigenvalue weighted by molar-refractivity contribution is 8.00. The van der Waals surface area contributed by atoms with Gasteiger partial charge in [0.1, 0.15) is 5.82 Å². The van der Waals surface area contributed by atoms with Gasteiger partial charge in [0.05, 0.1) is 5.25 Å². The Morgan fingerprint density at radius 2 is 2.17 bits per heavy atom. The molecule has 0 saturated heterocycles. The Labute approximate surface area is 141 Å². The van der Waals surface area contributed by atoms with Crippen molar-refractivity contribution in [2.45, 2.75) is 68.3 Å². The fraction of sp³-hybridized carbons (Fsp3) is 0.812. The van der Waals surface area contributed by atoms with Gasteiger partial charge in [-0.15, -0.1) is 10.2 Å². The molecule has 0 radical (unpaired) electrons. The summed E-state index contributed by atoms with van der Waals surface area (Å²) in [5.74, 6) is 1.80. The molecule has 1 aromatic rings. The van der Waals surface area contributed by atoms with Crippen LogP contribution in [0.5, 0.6) is 0 Å². The van der Waals surface area contributed by atoms with Crippen LogP contribution in [-0.2, 0) is 9.53 Å². The molecule has 128 valence electrons. The van der Waals surface area contributed by atoms with Crippen LogP contribution >= 0.6 is 11.8 Å². The number of nitrogens with one attached hydrogen (secondary N) is 1. The van der Waals surface area contributed by atoms with Crippen molar-refractivity contribution >= 4 is 17.7 Å². The monoisotopic (exact) mass is 338 g/mol. The first-order valence-corrected chi connectivity index (χ1v) is 9.55. The minimum atomic E-state index is -0.157. The second-order valence-corrected chi connectivity index (χ2v) is 7.63. The van der Waals surface area contributed by atoms with Crippen LogP contribution in [0.2, 0.25) is 0 Å². The molecule has 0 spiro atoms. The summed E-state index contributed by atoms with van der Waals surface area (Å²) in [6.45, 7) is 5.99. The largest absolute Gasteiger partial charge is 0.382 e. The van der Waals surface area contributed by atoms with E-state index in [-0.39, 0.29) is 11.2 Å². The third-order valence-corrected chi connectivity index (χ3v) is 5.22. The summed E-state index contributed by atoms with van der Waals surface area (Å²) in [5, 5.41) is 12.5. The molecule has 1 N–H and O–H groups in total. The molecule has 1 unspecified atom stereocenters. The summed E-state index contributed by atoms with van der Waals surface area (Å²) in [6.07, 6.45) is 5.73. The fourth-order valence-electron chi connectivity index (χ4n) is 2.55. The third-order valence-electron chi connectivity index (χ3n) is 4.17. The Kier molecular flexibility index (Phi) is 5.58. The molecular weight excluding hydrogens is 312 g/mol. The van der Waals surface area contributed by atoms with Gasteiger partial charge in [0.15, 0.2) is 5.16 Å². The van der Waals surface area contributed by atoms with Gasteiger partial charge in [0.25, 0.3) is 0 Å². The average molecular weight is 338 g/mol. The Morgan fingerprint density at radius 3 is 2.83 bits per heavy atom. The zero-order valence-electron chi connectivity index (χ0n) is 14.0. The number of nitrogens with zero attached hydrogens (tertiary/aromatic N) is 3. The van der Waals surface area contributed by atoms with Crippen molar-refractivity contribution in [1.82, 2.24) is 20.1 Å². The van der Waals surface area contributed by atoms with E-state index < -0.39 is 0 Å². The number of rotatable bonds is 10. The van der Waals surface area contributed by atoms with Gasteiger partial charge in [0, 0.05) is 31.7 Å². The van der Waals surface area contributed by atoms with Crippen LogP contribution < -0.4 is 5.32 Å². The second kappa shape index (κ2) is 7.66. The number of aromatic nitrogens is 3. The van der Waals surface area contributed by atoms with Crippen LogP contribution in [0.25, 0.3) is 0 Å². The standard InChI is InChI=1S/C16H26N4O2S/c1-3-22-10-4-9-17-15(21)11(2)23-16-19-18-14(12-5-6-12)20(16)13-7-8-13/h11-13H,3-10H2,1-2H3,(H,17,21). The van der Waals surface area contributed by atoms with Gasteiger partial charge < -0.3 is 14.6 Å². The molecule has 7 heteroatoms. The first kappa shape index (κ1) is 16.8. The van der Waals surface area contributed by atoms with Crippen molar-refractivity contribution in [3.8, 4) is 0 Å². The Morgan fingerprint density at radius 1 is 1.39 bits per heavy atom. The molecule has 1 amide bonds. The van der Waals surface area contributed by atoms with Gasteiger partial charge in [-0.1, -0.05) is 11.8 Å². The van der Waals surface area contributed by atoms with E-state index in [1.807, 2.05) is 13.8 Å². The summed E-state index contributed by atoms with van der Waals surface area (Å²) in [5.41, 5.74) is 0. The molecule has 0 bridgehead atoms. The summed E-state index contributed by atoms with van der Waals surface area (Å²) >= 11 is 1.53. The molecule has 2 aliphatic rings. The van der Waals surface area contributed by atoms with Gasteiger partial charge in [-0.05, 0) is 46.0 Å². The van der Waals surface area contributed by atoms with Crippen molar-refractivity contribution in [2.24, 2.45) is 0 Å². The van der Waals surface area contributed by atoms with Crippen LogP contribution in [0.4, 0.5) is 0 Å². The maximum absolute atomic E-state index is 12.2. The van der Waals surface area contributed by atoms with E-state index in [1.165, 1.54) is 37.4 Å². The highest BCUT2D eigenvalue weighted by Crippen LogP contribution is 2.46. The van der Waals surface area contributed by atoms with E-state index >= 15 is 0 Å². The minimum absolute atomic E-state index is 0.0600. The Hall–Kier alpha value is -1.08. The molecule has 2 aliphatic carbocycles. The van der Waals surface area contributed by atoms with Gasteiger partial charge in [0.2, 0.25) is 5.91 Å². The van der Waals surface area contributed by atoms with Crippen LogP contribution in [0.1, 0.15) is 63.7 Å². The van der Waals surface area contributed by atoms with E-state index in [0.717, 1.165) is 24.0 Å². The molecule has 1 atom stereocenters. The summed E-state index contributed by atoms with van der Waals surface area (Å²) in [6, 6.07) is 0.560. The summed E-state index contributed by atoms with van der Waals surface area (Å²) in [4.78, 5) is 12.2. The molecule has 0 aliphatic heterocycles. The molecule has 23 heavy (non-hydrogen) atoms. The second-order valence-electron chi connectivity index (χ2n) is 6.32. The van der Waals surface area contributed by atoms with Gasteiger partial charge in [-0.2, -0.15) is 0 Å². The van der Waals surface area contributed by atoms with Crippen molar-refractivity contribution < 1.29 is 9.53 Å². The van der Waals surface area contributed by atoms with E-state index in [2.05, 4.69) is 20.1 Å². The number of thioether (sulfide) groups is 1. The molecule has 2 fully saturated rings. The number of amides is 1. The highest BCUT2D eigenvalue weighted by Gasteiger charge is 2.37. The predicted molar refractivity (Wildman–Crippen MR) is 89.7 cm³/mol. The zero-order chi connectivity index (χ0) is 16.2. The van der Waals surface area contributed by atoms with E-state index in [0.29, 0.717) is 25.1 Å². The summed E-state index contributed by atoms with van der Waals surface area (Å²) in [7, 11) is 0. The van der Waals surface area contributed by atoms with E-state index in [1.54, 1.807) is 0 Å². The molecule has 6 nitrogen and oxygen atoms in total. The predicted octanol–water partition coefficient (Wildman–Crippen LogP) is 2.51. The normalized spacial score (nSPS) is 18.9. The lowest BCUT2D eigenvalue weighted by Gasteiger charge is -2.13. The maximum Gasteiger partial charge on any atom is 0.233 e. The first-order valence-electron chi connectivity index (χ1n) is 8.67. The lowest BCUT2D eigenvalue weighted by molar-refractivity contribution is -0.120. The van der Waals surface area contributed by atoms with E-state index in [9.17, 15) is 4.79 Å². The van der Waals surface area contributed by atoms with Gasteiger partial charge >= 0.3 is 0 Å². The third kappa shape index (κ3) is 4.47. The maximum atomic E-state index is 12.2. The SMILES string of the molecule is CCOCCCNC(=O)C(C)Sc1nnc(C2CC2)n1C1CC1. The van der Waals surface area contributed by atoms with E-state index in [4.69, 9.17) is 4.74 Å². The minimum Gasteiger partial charge on any atom is -0.382 e. The molecule has 0 aromatic carbocycles. The van der Waals surface area contributed by atoms with Crippen LogP contribution in [-0.4, -0.2) is 45.7 Å². The van der Waals surface area contributed by atoms with Gasteiger partial charge in [-0.3, -0.25) is 4.79 Å². The lowest BCUT2D eigenvalue weighted by Crippen LogP contribution is -2.32. The van der Waals surface area contributed by atoms with Crippen molar-refractivity contribution in [3.63, 3.8) is 0 Å². The quantitative estimate of drug-likeness (QED) is 0.524. The number of carbonyl (C=O) groups is 1. The lowest BCUT2D eigenvalue weighted by atomic mass is 10.4. The number of hydrogen-bond donors (Lipinski definition) is 1. The topological polar surface area (TPSA) is 69.0 Å². The van der Waals surface area contributed by atoms with Gasteiger partial charge in [-0.25, -0.2) is 0 Å². The number of ether oxygens (including phenoxy) is 1. The van der Waals surface area contributed by atoms with Crippen LogP contribution in [0, 0.1) is 0 Å². The smallest absolute Gasteiger partial charge is 0.233 e. The highest BCUT2D eigenvalue weighted by atomic mass is 32.2. The number of hydrogen-bond acceptors (Lipinski definition) is 5. The Balaban J connectivity index is 1.51. The van der Waals surface area contributed by atoms with Crippen molar-refractivity contribution in [1.29, 1.82) is 0 Å². The number of carbonyl (C=O) groups excluding carboxylic acids is 1. The van der Waals surface area contributed by atoms with Crippen molar-refractivity contribution in [2.75, 3.05) is 19.8 Å². The molecule has 1 aromatic heterocycles. The van der Waals surface area contributed by atoms with Crippen molar-refractivity contribution in [3.05, 3.63) is 5.82 Å². The molecular formula is C16H26N4O2S. The molecule has 3 rings (SSSR count).